The molecule has 0 aliphatic heterocycles. The smallest absolute Gasteiger partial charge is 0.330 e. The summed E-state index contributed by atoms with van der Waals surface area (Å²) in [4.78, 5) is 11.2. The van der Waals surface area contributed by atoms with Gasteiger partial charge in [0.2, 0.25) is 0 Å². The van der Waals surface area contributed by atoms with E-state index in [0.717, 1.165) is 25.7 Å². The first kappa shape index (κ1) is 16.9. The number of carbonyl (C=O) groups is 1. The van der Waals surface area contributed by atoms with Crippen molar-refractivity contribution >= 4 is 5.97 Å². The Hall–Kier alpha value is -1.05. The van der Waals surface area contributed by atoms with Crippen LogP contribution < -0.4 is 0 Å². The van der Waals surface area contributed by atoms with E-state index in [1.54, 1.807) is 0 Å². The summed E-state index contributed by atoms with van der Waals surface area (Å²) in [5.41, 5.74) is 0. The first-order valence-corrected chi connectivity index (χ1v) is 7.29. The lowest BCUT2D eigenvalue weighted by Crippen LogP contribution is -2.01. The zero-order valence-corrected chi connectivity index (χ0v) is 12.0. The summed E-state index contributed by atoms with van der Waals surface area (Å²) in [5, 5.41) is 0. The van der Waals surface area contributed by atoms with Crippen molar-refractivity contribution in [2.75, 3.05) is 6.61 Å². The van der Waals surface area contributed by atoms with Crippen molar-refractivity contribution in [3.63, 3.8) is 0 Å². The molecule has 0 spiro atoms. The maximum absolute atomic E-state index is 11.2. The van der Waals surface area contributed by atoms with Crippen LogP contribution in [-0.2, 0) is 9.53 Å². The number of hydrogen-bond donors (Lipinski definition) is 0. The van der Waals surface area contributed by atoms with Crippen LogP contribution in [0.4, 0.5) is 0 Å². The largest absolute Gasteiger partial charge is 0.462 e. The van der Waals surface area contributed by atoms with Crippen LogP contribution in [0.3, 0.4) is 0 Å². The highest BCUT2D eigenvalue weighted by Gasteiger charge is 1.93. The molecule has 0 aromatic rings. The van der Waals surface area contributed by atoms with Gasteiger partial charge in [0.05, 0.1) is 6.61 Å². The summed E-state index contributed by atoms with van der Waals surface area (Å²) in [7, 11) is 0. The molecule has 0 amide bonds. The summed E-state index contributed by atoms with van der Waals surface area (Å²) < 4.78 is 5.06. The van der Waals surface area contributed by atoms with Crippen LogP contribution in [-0.4, -0.2) is 12.6 Å². The van der Waals surface area contributed by atoms with Crippen molar-refractivity contribution in [1.82, 2.24) is 0 Å². The highest BCUT2D eigenvalue weighted by molar-refractivity contribution is 5.81. The first-order valence-electron chi connectivity index (χ1n) is 7.29. The van der Waals surface area contributed by atoms with Gasteiger partial charge in [-0.15, -0.1) is 0 Å². The zero-order valence-electron chi connectivity index (χ0n) is 12.0. The second-order valence-corrected chi connectivity index (χ2v) is 4.47. The second kappa shape index (κ2) is 14.0. The van der Waals surface area contributed by atoms with Crippen LogP contribution in [0.5, 0.6) is 0 Å². The number of carbonyl (C=O) groups excluding carboxylic acids is 1. The van der Waals surface area contributed by atoms with Crippen LogP contribution >= 0.6 is 0 Å². The van der Waals surface area contributed by atoms with Gasteiger partial charge < -0.3 is 4.74 Å². The molecule has 0 rings (SSSR count). The Labute approximate surface area is 112 Å². The van der Waals surface area contributed by atoms with Gasteiger partial charge in [-0.05, 0) is 25.7 Å². The van der Waals surface area contributed by atoms with E-state index < -0.39 is 0 Å². The van der Waals surface area contributed by atoms with Crippen LogP contribution in [0, 0.1) is 0 Å². The number of rotatable bonds is 11. The highest BCUT2D eigenvalue weighted by Crippen LogP contribution is 2.03. The number of allylic oxidation sites excluding steroid dienone is 2. The Bertz CT molecular complexity index is 241. The first-order chi connectivity index (χ1) is 8.81. The fraction of sp³-hybridized carbons (Fsp3) is 0.688. The summed E-state index contributed by atoms with van der Waals surface area (Å²) in [6.45, 7) is 4.79. The molecule has 0 saturated heterocycles. The minimum Gasteiger partial charge on any atom is -0.462 e. The van der Waals surface area contributed by atoms with Crippen molar-refractivity contribution in [2.24, 2.45) is 0 Å². The Morgan fingerprint density at radius 3 is 2.39 bits per heavy atom. The van der Waals surface area contributed by atoms with Crippen molar-refractivity contribution in [3.05, 3.63) is 24.3 Å². The molecule has 0 heterocycles. The number of ether oxygens (including phenoxy) is 1. The fourth-order valence-corrected chi connectivity index (χ4v) is 1.55. The Morgan fingerprint density at radius 1 is 0.889 bits per heavy atom. The van der Waals surface area contributed by atoms with Gasteiger partial charge in [0.15, 0.2) is 0 Å². The molecule has 0 N–H and O–H groups in total. The Kier molecular flexibility index (Phi) is 13.2. The quantitative estimate of drug-likeness (QED) is 0.228. The summed E-state index contributed by atoms with van der Waals surface area (Å²) in [6, 6.07) is 0. The van der Waals surface area contributed by atoms with Crippen LogP contribution in [0.1, 0.15) is 65.2 Å². The van der Waals surface area contributed by atoms with E-state index in [9.17, 15) is 4.79 Å². The van der Waals surface area contributed by atoms with Crippen molar-refractivity contribution < 1.29 is 9.53 Å². The van der Waals surface area contributed by atoms with Gasteiger partial charge in [-0.25, -0.2) is 4.79 Å². The molecular weight excluding hydrogens is 224 g/mol. The standard InChI is InChI=1S/C16H28O2/c1-3-5-7-8-9-10-11-13-15-18-16(17)14-12-6-4-2/h10-12,14H,3-9,13,15H2,1-2H3. The molecule has 0 unspecified atom stereocenters. The second-order valence-electron chi connectivity index (χ2n) is 4.47. The SMILES string of the molecule is CCCC=CC(=O)OCCC=CCCCCCC. The molecule has 104 valence electrons. The van der Waals surface area contributed by atoms with E-state index in [1.807, 2.05) is 6.08 Å². The normalized spacial score (nSPS) is 11.4. The lowest BCUT2D eigenvalue weighted by Gasteiger charge is -1.98. The van der Waals surface area contributed by atoms with Gasteiger partial charge in [-0.2, -0.15) is 0 Å². The Morgan fingerprint density at radius 2 is 1.67 bits per heavy atom. The monoisotopic (exact) mass is 252 g/mol. The molecule has 0 aliphatic carbocycles. The minimum atomic E-state index is -0.222. The molecule has 0 saturated carbocycles. The fourth-order valence-electron chi connectivity index (χ4n) is 1.55. The number of unbranched alkanes of at least 4 members (excludes halogenated alkanes) is 5. The Balaban J connectivity index is 3.33. The van der Waals surface area contributed by atoms with E-state index in [2.05, 4.69) is 26.0 Å². The highest BCUT2D eigenvalue weighted by atomic mass is 16.5. The van der Waals surface area contributed by atoms with Crippen LogP contribution in [0.25, 0.3) is 0 Å². The van der Waals surface area contributed by atoms with Gasteiger partial charge in [0.25, 0.3) is 0 Å². The number of hydrogen-bond acceptors (Lipinski definition) is 2. The molecular formula is C16H28O2. The average Bonchev–Trinajstić information content (AvgIpc) is 2.37. The van der Waals surface area contributed by atoms with Gasteiger partial charge in [0.1, 0.15) is 0 Å². The molecule has 0 bridgehead atoms. The molecule has 18 heavy (non-hydrogen) atoms. The third-order valence-electron chi connectivity index (χ3n) is 2.63. The molecule has 0 aromatic carbocycles. The molecule has 0 radical (unpaired) electrons. The third-order valence-corrected chi connectivity index (χ3v) is 2.63. The van der Waals surface area contributed by atoms with Crippen molar-refractivity contribution in [3.8, 4) is 0 Å². The van der Waals surface area contributed by atoms with E-state index in [0.29, 0.717) is 6.61 Å². The lowest BCUT2D eigenvalue weighted by molar-refractivity contribution is -0.137. The van der Waals surface area contributed by atoms with E-state index in [1.165, 1.54) is 31.8 Å². The van der Waals surface area contributed by atoms with Gasteiger partial charge in [-0.1, -0.05) is 57.8 Å². The molecule has 0 fully saturated rings. The van der Waals surface area contributed by atoms with Gasteiger partial charge in [0, 0.05) is 6.08 Å². The van der Waals surface area contributed by atoms with Gasteiger partial charge >= 0.3 is 5.97 Å². The zero-order chi connectivity index (χ0) is 13.5. The average molecular weight is 252 g/mol. The predicted octanol–water partition coefficient (Wildman–Crippen LogP) is 4.80. The van der Waals surface area contributed by atoms with E-state index >= 15 is 0 Å². The lowest BCUT2D eigenvalue weighted by atomic mass is 10.1. The van der Waals surface area contributed by atoms with E-state index in [-0.39, 0.29) is 5.97 Å². The van der Waals surface area contributed by atoms with Crippen LogP contribution in [0.15, 0.2) is 24.3 Å². The molecule has 0 aliphatic rings. The number of esters is 1. The molecule has 2 nitrogen and oxygen atoms in total. The van der Waals surface area contributed by atoms with Gasteiger partial charge in [-0.3, -0.25) is 0 Å². The minimum absolute atomic E-state index is 0.222. The maximum Gasteiger partial charge on any atom is 0.330 e. The molecule has 0 aromatic heterocycles. The van der Waals surface area contributed by atoms with Crippen LogP contribution in [0.2, 0.25) is 0 Å². The summed E-state index contributed by atoms with van der Waals surface area (Å²) >= 11 is 0. The van der Waals surface area contributed by atoms with Crippen molar-refractivity contribution in [1.29, 1.82) is 0 Å². The molecule has 2 heteroatoms. The molecule has 0 atom stereocenters. The van der Waals surface area contributed by atoms with E-state index in [4.69, 9.17) is 4.74 Å². The third kappa shape index (κ3) is 13.0. The maximum atomic E-state index is 11.2. The predicted molar refractivity (Wildman–Crippen MR) is 77.5 cm³/mol. The summed E-state index contributed by atoms with van der Waals surface area (Å²) in [6.07, 6.45) is 16.8. The van der Waals surface area contributed by atoms with Crippen molar-refractivity contribution in [2.45, 2.75) is 65.2 Å². The summed E-state index contributed by atoms with van der Waals surface area (Å²) in [5.74, 6) is -0.222. The topological polar surface area (TPSA) is 26.3 Å².